The van der Waals surface area contributed by atoms with Crippen molar-refractivity contribution in [1.82, 2.24) is 10.3 Å². The van der Waals surface area contributed by atoms with Crippen LogP contribution in [0.1, 0.15) is 54.2 Å². The smallest absolute Gasteiger partial charge is 0.306 e. The lowest BCUT2D eigenvalue weighted by molar-refractivity contribution is -0.183. The Morgan fingerprint density at radius 1 is 1.30 bits per heavy atom. The molecule has 0 spiro atoms. The van der Waals surface area contributed by atoms with Crippen LogP contribution in [0.3, 0.4) is 0 Å². The third kappa shape index (κ3) is 3.73. The second kappa shape index (κ2) is 6.02. The Morgan fingerprint density at radius 2 is 2.00 bits per heavy atom. The predicted octanol–water partition coefficient (Wildman–Crippen LogP) is 4.53. The highest BCUT2D eigenvalue weighted by molar-refractivity contribution is 7.11. The summed E-state index contributed by atoms with van der Waals surface area (Å²) in [5.41, 5.74) is 0.974. The molecule has 0 aliphatic heterocycles. The van der Waals surface area contributed by atoms with Crippen LogP contribution in [0.15, 0.2) is 0 Å². The molecule has 6 heteroatoms. The number of nitrogens with one attached hydrogen (secondary N) is 1. The van der Waals surface area contributed by atoms with Gasteiger partial charge in [0.2, 0.25) is 0 Å². The molecule has 1 N–H and O–H groups in total. The molecule has 0 amide bonds. The number of hydrogen-bond acceptors (Lipinski definition) is 3. The van der Waals surface area contributed by atoms with Crippen LogP contribution in [0.2, 0.25) is 0 Å². The fraction of sp³-hybridized carbons (Fsp3) is 0.786. The topological polar surface area (TPSA) is 24.9 Å². The molecule has 0 saturated heterocycles. The van der Waals surface area contributed by atoms with Crippen molar-refractivity contribution in [2.24, 2.45) is 5.92 Å². The summed E-state index contributed by atoms with van der Waals surface area (Å²) in [6, 6.07) is -0.0521. The first-order valence-corrected chi connectivity index (χ1v) is 7.85. The van der Waals surface area contributed by atoms with Crippen molar-refractivity contribution in [2.45, 2.75) is 64.7 Å². The highest BCUT2D eigenvalue weighted by Crippen LogP contribution is 2.38. The minimum absolute atomic E-state index is 0.0110. The number of alkyl halides is 3. The summed E-state index contributed by atoms with van der Waals surface area (Å²) in [5, 5.41) is 4.34. The summed E-state index contributed by atoms with van der Waals surface area (Å²) in [6.45, 7) is 5.95. The molecule has 3 unspecified atom stereocenters. The molecule has 1 fully saturated rings. The Morgan fingerprint density at radius 3 is 2.55 bits per heavy atom. The van der Waals surface area contributed by atoms with Gasteiger partial charge in [-0.25, -0.2) is 4.98 Å². The lowest BCUT2D eigenvalue weighted by atomic mass is 9.85. The Balaban J connectivity index is 1.97. The molecular formula is C14H21F3N2S. The zero-order chi connectivity index (χ0) is 14.9. The van der Waals surface area contributed by atoms with E-state index in [1.54, 1.807) is 11.3 Å². The molecule has 114 valence electrons. The number of aryl methyl sites for hydroxylation is 2. The van der Waals surface area contributed by atoms with Crippen LogP contribution in [0.5, 0.6) is 0 Å². The zero-order valence-corrected chi connectivity index (χ0v) is 12.9. The van der Waals surface area contributed by atoms with Gasteiger partial charge in [0.15, 0.2) is 0 Å². The molecule has 1 saturated carbocycles. The summed E-state index contributed by atoms with van der Waals surface area (Å²) in [4.78, 5) is 5.62. The third-order valence-corrected chi connectivity index (χ3v) is 4.87. The van der Waals surface area contributed by atoms with Gasteiger partial charge in [-0.05, 0) is 40.0 Å². The first-order valence-electron chi connectivity index (χ1n) is 7.04. The van der Waals surface area contributed by atoms with E-state index in [1.807, 2.05) is 20.8 Å². The van der Waals surface area contributed by atoms with Gasteiger partial charge in [-0.1, -0.05) is 6.42 Å². The van der Waals surface area contributed by atoms with Gasteiger partial charge in [-0.3, -0.25) is 0 Å². The van der Waals surface area contributed by atoms with Gasteiger partial charge in [0.05, 0.1) is 16.6 Å². The number of aromatic nitrogens is 1. The monoisotopic (exact) mass is 306 g/mol. The van der Waals surface area contributed by atoms with Crippen molar-refractivity contribution in [3.8, 4) is 0 Å². The molecule has 2 rings (SSSR count). The maximum atomic E-state index is 12.8. The van der Waals surface area contributed by atoms with Crippen LogP contribution in [0.4, 0.5) is 13.2 Å². The van der Waals surface area contributed by atoms with E-state index in [0.29, 0.717) is 6.42 Å². The highest BCUT2D eigenvalue weighted by atomic mass is 32.1. The summed E-state index contributed by atoms with van der Waals surface area (Å²) < 4.78 is 38.4. The summed E-state index contributed by atoms with van der Waals surface area (Å²) in [5.74, 6) is -1.15. The molecule has 1 aromatic heterocycles. The van der Waals surface area contributed by atoms with E-state index >= 15 is 0 Å². The van der Waals surface area contributed by atoms with Gasteiger partial charge in [0.25, 0.3) is 0 Å². The van der Waals surface area contributed by atoms with Crippen molar-refractivity contribution in [3.63, 3.8) is 0 Å². The largest absolute Gasteiger partial charge is 0.391 e. The van der Waals surface area contributed by atoms with Crippen LogP contribution in [-0.4, -0.2) is 17.2 Å². The predicted molar refractivity (Wildman–Crippen MR) is 74.9 cm³/mol. The van der Waals surface area contributed by atoms with E-state index < -0.39 is 12.1 Å². The maximum absolute atomic E-state index is 12.8. The number of halogens is 3. The Kier molecular flexibility index (Phi) is 4.74. The maximum Gasteiger partial charge on any atom is 0.391 e. The van der Waals surface area contributed by atoms with E-state index in [1.165, 1.54) is 0 Å². The van der Waals surface area contributed by atoms with Gasteiger partial charge in [0.1, 0.15) is 0 Å². The molecule has 0 bridgehead atoms. The Hall–Kier alpha value is -0.620. The lowest BCUT2D eigenvalue weighted by Crippen LogP contribution is -2.40. The van der Waals surface area contributed by atoms with Gasteiger partial charge in [-0.2, -0.15) is 13.2 Å². The fourth-order valence-electron chi connectivity index (χ4n) is 3.02. The van der Waals surface area contributed by atoms with E-state index in [-0.39, 0.29) is 24.9 Å². The normalized spacial score (nSPS) is 25.7. The summed E-state index contributed by atoms with van der Waals surface area (Å²) in [6.07, 6.45) is -2.14. The standard InChI is InChI=1S/C14H21F3N2S/c1-8(13-9(2)20-10(3)19-13)18-12-6-4-5-11(7-12)14(15,16)17/h8,11-12,18H,4-7H2,1-3H3. The van der Waals surface area contributed by atoms with E-state index in [9.17, 15) is 13.2 Å². The van der Waals surface area contributed by atoms with Gasteiger partial charge < -0.3 is 5.32 Å². The van der Waals surface area contributed by atoms with Crippen molar-refractivity contribution < 1.29 is 13.2 Å². The Labute approximate surface area is 121 Å². The second-order valence-corrected chi connectivity index (χ2v) is 7.07. The van der Waals surface area contributed by atoms with E-state index in [2.05, 4.69) is 10.3 Å². The van der Waals surface area contributed by atoms with Crippen LogP contribution in [0.25, 0.3) is 0 Å². The molecule has 2 nitrogen and oxygen atoms in total. The van der Waals surface area contributed by atoms with Crippen LogP contribution in [0, 0.1) is 19.8 Å². The average molecular weight is 306 g/mol. The van der Waals surface area contributed by atoms with E-state index in [4.69, 9.17) is 0 Å². The summed E-state index contributed by atoms with van der Waals surface area (Å²) in [7, 11) is 0. The van der Waals surface area contributed by atoms with Crippen LogP contribution in [-0.2, 0) is 0 Å². The third-order valence-electron chi connectivity index (χ3n) is 3.97. The lowest BCUT2D eigenvalue weighted by Gasteiger charge is -2.32. The summed E-state index contributed by atoms with van der Waals surface area (Å²) >= 11 is 1.63. The van der Waals surface area contributed by atoms with Gasteiger partial charge >= 0.3 is 6.18 Å². The van der Waals surface area contributed by atoms with Crippen molar-refractivity contribution in [1.29, 1.82) is 0 Å². The SMILES string of the molecule is Cc1nc(C(C)NC2CCCC(C(F)(F)F)C2)c(C)s1. The molecule has 1 aromatic rings. The molecule has 20 heavy (non-hydrogen) atoms. The number of hydrogen-bond donors (Lipinski definition) is 1. The first-order chi connectivity index (χ1) is 9.27. The number of rotatable bonds is 3. The molecule has 1 aliphatic carbocycles. The molecule has 1 heterocycles. The molecule has 0 radical (unpaired) electrons. The van der Waals surface area contributed by atoms with Crippen LogP contribution < -0.4 is 5.32 Å². The molecular weight excluding hydrogens is 285 g/mol. The molecule has 1 aliphatic rings. The number of nitrogens with zero attached hydrogens (tertiary/aromatic N) is 1. The van der Waals surface area contributed by atoms with Crippen LogP contribution >= 0.6 is 11.3 Å². The number of thiazole rings is 1. The quantitative estimate of drug-likeness (QED) is 0.887. The average Bonchev–Trinajstić information content (AvgIpc) is 2.68. The molecule has 3 atom stereocenters. The Bertz CT molecular complexity index is 456. The van der Waals surface area contributed by atoms with Crippen molar-refractivity contribution in [2.75, 3.05) is 0 Å². The molecule has 0 aromatic carbocycles. The minimum Gasteiger partial charge on any atom is -0.306 e. The second-order valence-electron chi connectivity index (χ2n) is 5.66. The first kappa shape index (κ1) is 15.8. The van der Waals surface area contributed by atoms with Gasteiger partial charge in [-0.15, -0.1) is 11.3 Å². The van der Waals surface area contributed by atoms with Gasteiger partial charge in [0, 0.05) is 17.0 Å². The fourth-order valence-corrected chi connectivity index (χ4v) is 3.93. The minimum atomic E-state index is -4.06. The van der Waals surface area contributed by atoms with E-state index in [0.717, 1.165) is 22.0 Å². The van der Waals surface area contributed by atoms with Crippen molar-refractivity contribution in [3.05, 3.63) is 15.6 Å². The van der Waals surface area contributed by atoms with Crippen molar-refractivity contribution >= 4 is 11.3 Å². The zero-order valence-electron chi connectivity index (χ0n) is 12.0. The highest BCUT2D eigenvalue weighted by Gasteiger charge is 2.42.